The molecule has 7 heteroatoms. The first-order valence-electron chi connectivity index (χ1n) is 11.2. The van der Waals surface area contributed by atoms with Crippen LogP contribution in [0.4, 0.5) is 5.69 Å². The summed E-state index contributed by atoms with van der Waals surface area (Å²) in [6.07, 6.45) is 8.27. The van der Waals surface area contributed by atoms with Gasteiger partial charge in [-0.25, -0.2) is 0 Å². The molecule has 31 heavy (non-hydrogen) atoms. The van der Waals surface area contributed by atoms with Gasteiger partial charge in [0.05, 0.1) is 0 Å². The van der Waals surface area contributed by atoms with E-state index < -0.39 is 11.5 Å². The second kappa shape index (κ2) is 9.92. The number of benzene rings is 1. The van der Waals surface area contributed by atoms with Gasteiger partial charge in [0.2, 0.25) is 5.91 Å². The fourth-order valence-electron chi connectivity index (χ4n) is 4.42. The quantitative estimate of drug-likeness (QED) is 0.719. The number of nitrogens with one attached hydrogen (secondary N) is 2. The van der Waals surface area contributed by atoms with Crippen LogP contribution in [0.25, 0.3) is 0 Å². The van der Waals surface area contributed by atoms with Crippen LogP contribution >= 0.6 is 0 Å². The summed E-state index contributed by atoms with van der Waals surface area (Å²) < 4.78 is 1.29. The third-order valence-corrected chi connectivity index (χ3v) is 6.12. The molecule has 1 aromatic carbocycles. The predicted octanol–water partition coefficient (Wildman–Crippen LogP) is 2.76. The molecule has 2 amide bonds. The Morgan fingerprint density at radius 3 is 2.39 bits per heavy atom. The van der Waals surface area contributed by atoms with Crippen LogP contribution in [-0.4, -0.2) is 40.4 Å². The lowest BCUT2D eigenvalue weighted by Crippen LogP contribution is -2.38. The molecule has 164 valence electrons. The molecule has 2 fully saturated rings. The first-order chi connectivity index (χ1) is 15.1. The summed E-state index contributed by atoms with van der Waals surface area (Å²) in [6.45, 7) is 3.11. The minimum absolute atomic E-state index is 0.0253. The van der Waals surface area contributed by atoms with Gasteiger partial charge in [-0.1, -0.05) is 25.0 Å². The Kier molecular flexibility index (Phi) is 6.82. The van der Waals surface area contributed by atoms with Crippen molar-refractivity contribution in [2.75, 3.05) is 18.4 Å². The maximum Gasteiger partial charge on any atom is 0.263 e. The summed E-state index contributed by atoms with van der Waals surface area (Å²) in [7, 11) is 0. The predicted molar refractivity (Wildman–Crippen MR) is 120 cm³/mol. The van der Waals surface area contributed by atoms with Gasteiger partial charge in [-0.2, -0.15) is 0 Å². The fourth-order valence-corrected chi connectivity index (χ4v) is 4.42. The highest BCUT2D eigenvalue weighted by atomic mass is 16.2. The molecule has 2 heterocycles. The van der Waals surface area contributed by atoms with E-state index in [0.717, 1.165) is 45.3 Å². The topological polar surface area (TPSA) is 83.4 Å². The van der Waals surface area contributed by atoms with Gasteiger partial charge >= 0.3 is 0 Å². The summed E-state index contributed by atoms with van der Waals surface area (Å²) in [6, 6.07) is 11.0. The van der Waals surface area contributed by atoms with E-state index in [-0.39, 0.29) is 24.1 Å². The van der Waals surface area contributed by atoms with Crippen molar-refractivity contribution in [1.29, 1.82) is 0 Å². The Balaban J connectivity index is 1.37. The number of likely N-dealkylation sites (tertiary alicyclic amines) is 1. The first-order valence-corrected chi connectivity index (χ1v) is 11.2. The monoisotopic (exact) mass is 422 g/mol. The van der Waals surface area contributed by atoms with Crippen LogP contribution in [0.15, 0.2) is 47.4 Å². The minimum Gasteiger partial charge on any atom is -0.352 e. The summed E-state index contributed by atoms with van der Waals surface area (Å²) >= 11 is 0. The van der Waals surface area contributed by atoms with Crippen molar-refractivity contribution in [1.82, 2.24) is 14.8 Å². The number of carbonyl (C=O) groups excluding carboxylic acids is 2. The highest BCUT2D eigenvalue weighted by molar-refractivity contribution is 6.04. The molecule has 1 saturated carbocycles. The van der Waals surface area contributed by atoms with Crippen LogP contribution in [-0.2, 0) is 17.9 Å². The van der Waals surface area contributed by atoms with Gasteiger partial charge in [0, 0.05) is 24.5 Å². The number of aromatic nitrogens is 1. The summed E-state index contributed by atoms with van der Waals surface area (Å²) in [5.41, 5.74) is 1.41. The van der Waals surface area contributed by atoms with Gasteiger partial charge in [-0.3, -0.25) is 19.3 Å². The number of hydrogen-bond acceptors (Lipinski definition) is 4. The normalized spacial score (nSPS) is 17.0. The van der Waals surface area contributed by atoms with Gasteiger partial charge in [-0.15, -0.1) is 0 Å². The summed E-state index contributed by atoms with van der Waals surface area (Å²) in [4.78, 5) is 40.1. The zero-order chi connectivity index (χ0) is 21.6. The van der Waals surface area contributed by atoms with Crippen LogP contribution in [0.5, 0.6) is 0 Å². The Labute approximate surface area is 182 Å². The van der Waals surface area contributed by atoms with Crippen molar-refractivity contribution < 1.29 is 9.59 Å². The summed E-state index contributed by atoms with van der Waals surface area (Å²) in [5, 5.41) is 5.76. The molecular weight excluding hydrogens is 392 g/mol. The third kappa shape index (κ3) is 5.61. The third-order valence-electron chi connectivity index (χ3n) is 6.12. The maximum atomic E-state index is 12.7. The molecule has 0 spiro atoms. The average Bonchev–Trinajstić information content (AvgIpc) is 3.45. The van der Waals surface area contributed by atoms with Gasteiger partial charge in [0.1, 0.15) is 12.1 Å². The van der Waals surface area contributed by atoms with Crippen molar-refractivity contribution >= 4 is 17.5 Å². The molecular formula is C24H30N4O3. The molecule has 0 bridgehead atoms. The van der Waals surface area contributed by atoms with Crippen LogP contribution in [0, 0.1) is 0 Å². The minimum atomic E-state index is -0.470. The molecule has 2 aromatic rings. The second-order valence-electron chi connectivity index (χ2n) is 8.54. The Morgan fingerprint density at radius 1 is 0.968 bits per heavy atom. The lowest BCUT2D eigenvalue weighted by Gasteiger charge is -2.15. The Morgan fingerprint density at radius 2 is 1.68 bits per heavy atom. The molecule has 0 unspecified atom stereocenters. The van der Waals surface area contributed by atoms with E-state index in [4.69, 9.17) is 0 Å². The van der Waals surface area contributed by atoms with Crippen molar-refractivity contribution in [2.45, 2.75) is 57.7 Å². The number of rotatable bonds is 7. The van der Waals surface area contributed by atoms with Crippen LogP contribution in [0.1, 0.15) is 54.4 Å². The molecule has 1 aliphatic heterocycles. The SMILES string of the molecule is O=C(Cn1cccc(C(=O)Nc2ccc(CN3CCCC3)cc2)c1=O)NC1CCCC1. The van der Waals surface area contributed by atoms with Crippen LogP contribution in [0.2, 0.25) is 0 Å². The van der Waals surface area contributed by atoms with E-state index in [2.05, 4.69) is 15.5 Å². The number of hydrogen-bond donors (Lipinski definition) is 2. The number of anilines is 1. The molecule has 2 N–H and O–H groups in total. The molecule has 4 rings (SSSR count). The fraction of sp³-hybridized carbons (Fsp3) is 0.458. The highest BCUT2D eigenvalue weighted by Gasteiger charge is 2.19. The molecule has 7 nitrogen and oxygen atoms in total. The van der Waals surface area contributed by atoms with Gasteiger partial charge < -0.3 is 15.2 Å². The number of carbonyl (C=O) groups is 2. The molecule has 0 radical (unpaired) electrons. The summed E-state index contributed by atoms with van der Waals surface area (Å²) in [5.74, 6) is -0.664. The molecule has 1 aromatic heterocycles. The van der Waals surface area contributed by atoms with E-state index in [1.165, 1.54) is 29.0 Å². The van der Waals surface area contributed by atoms with E-state index in [9.17, 15) is 14.4 Å². The van der Waals surface area contributed by atoms with Crippen molar-refractivity contribution in [3.63, 3.8) is 0 Å². The van der Waals surface area contributed by atoms with Crippen molar-refractivity contribution in [3.05, 3.63) is 64.1 Å². The van der Waals surface area contributed by atoms with E-state index in [1.807, 2.05) is 24.3 Å². The molecule has 1 aliphatic carbocycles. The lowest BCUT2D eigenvalue weighted by atomic mass is 10.2. The molecule has 1 saturated heterocycles. The van der Waals surface area contributed by atoms with E-state index in [1.54, 1.807) is 12.3 Å². The zero-order valence-electron chi connectivity index (χ0n) is 17.8. The standard InChI is InChI=1S/C24H30N4O3/c29-22(25-19-6-1-2-7-19)17-28-15-5-8-21(24(28)31)23(30)26-20-11-9-18(10-12-20)16-27-13-3-4-14-27/h5,8-12,15,19H,1-4,6-7,13-14,16-17H2,(H,25,29)(H,26,30). The highest BCUT2D eigenvalue weighted by Crippen LogP contribution is 2.18. The zero-order valence-corrected chi connectivity index (χ0v) is 17.8. The van der Waals surface area contributed by atoms with Gasteiger partial charge in [0.15, 0.2) is 0 Å². The van der Waals surface area contributed by atoms with E-state index in [0.29, 0.717) is 5.69 Å². The number of amides is 2. The Bertz CT molecular complexity index is 971. The molecule has 0 atom stereocenters. The van der Waals surface area contributed by atoms with Crippen LogP contribution in [0.3, 0.4) is 0 Å². The molecule has 2 aliphatic rings. The lowest BCUT2D eigenvalue weighted by molar-refractivity contribution is -0.122. The largest absolute Gasteiger partial charge is 0.352 e. The number of nitrogens with zero attached hydrogens (tertiary/aromatic N) is 2. The van der Waals surface area contributed by atoms with Gasteiger partial charge in [-0.05, 0) is 68.6 Å². The smallest absolute Gasteiger partial charge is 0.263 e. The van der Waals surface area contributed by atoms with Crippen LogP contribution < -0.4 is 16.2 Å². The van der Waals surface area contributed by atoms with E-state index >= 15 is 0 Å². The average molecular weight is 423 g/mol. The Hall–Kier alpha value is -2.93. The maximum absolute atomic E-state index is 12.7. The first kappa shape index (κ1) is 21.3. The van der Waals surface area contributed by atoms with Gasteiger partial charge in [0.25, 0.3) is 11.5 Å². The van der Waals surface area contributed by atoms with Crippen molar-refractivity contribution in [2.24, 2.45) is 0 Å². The number of pyridine rings is 1. The second-order valence-corrected chi connectivity index (χ2v) is 8.54. The van der Waals surface area contributed by atoms with Crippen molar-refractivity contribution in [3.8, 4) is 0 Å².